The van der Waals surface area contributed by atoms with Crippen molar-refractivity contribution in [3.63, 3.8) is 0 Å². The summed E-state index contributed by atoms with van der Waals surface area (Å²) in [5.74, 6) is 1.13. The fraction of sp³-hybridized carbons (Fsp3) is 0.333. The molecule has 2 amide bonds. The lowest BCUT2D eigenvalue weighted by atomic mass is 9.87. The predicted octanol–water partition coefficient (Wildman–Crippen LogP) is 5.99. The van der Waals surface area contributed by atoms with Crippen molar-refractivity contribution in [1.82, 2.24) is 0 Å². The Bertz CT molecular complexity index is 1210. The largest absolute Gasteiger partial charge is 0.494 e. The summed E-state index contributed by atoms with van der Waals surface area (Å²) in [6, 6.07) is 21.1. The van der Waals surface area contributed by atoms with Gasteiger partial charge in [-0.15, -0.1) is 0 Å². The normalized spacial score (nSPS) is 13.1. The molecule has 0 aromatic heterocycles. The van der Waals surface area contributed by atoms with Gasteiger partial charge in [0.2, 0.25) is 0 Å². The van der Waals surface area contributed by atoms with Crippen LogP contribution < -0.4 is 19.7 Å². The van der Waals surface area contributed by atoms with Gasteiger partial charge in [0.25, 0.3) is 11.8 Å². The smallest absolute Gasteiger partial charge is 0.265 e. The van der Waals surface area contributed by atoms with Crippen LogP contribution in [0.1, 0.15) is 55.6 Å². The van der Waals surface area contributed by atoms with Crippen molar-refractivity contribution in [2.24, 2.45) is 0 Å². The van der Waals surface area contributed by atoms with E-state index in [4.69, 9.17) is 9.47 Å². The maximum atomic E-state index is 12.8. The van der Waals surface area contributed by atoms with Gasteiger partial charge in [0.1, 0.15) is 11.5 Å². The van der Waals surface area contributed by atoms with Gasteiger partial charge in [0.15, 0.2) is 6.61 Å². The Hall–Kier alpha value is -3.80. The molecule has 3 aromatic rings. The van der Waals surface area contributed by atoms with Crippen LogP contribution in [0.5, 0.6) is 11.5 Å². The molecule has 0 bridgehead atoms. The van der Waals surface area contributed by atoms with Crippen LogP contribution in [0, 0.1) is 0 Å². The molecule has 4 rings (SSSR count). The zero-order valence-corrected chi connectivity index (χ0v) is 21.5. The van der Waals surface area contributed by atoms with Crippen LogP contribution in [0.3, 0.4) is 0 Å². The van der Waals surface area contributed by atoms with Crippen LogP contribution >= 0.6 is 0 Å². The van der Waals surface area contributed by atoms with Crippen molar-refractivity contribution in [2.45, 2.75) is 46.0 Å². The lowest BCUT2D eigenvalue weighted by Crippen LogP contribution is -2.39. The maximum Gasteiger partial charge on any atom is 0.265 e. The van der Waals surface area contributed by atoms with Crippen molar-refractivity contribution in [1.29, 1.82) is 0 Å². The fourth-order valence-electron chi connectivity index (χ4n) is 4.08. The second-order valence-corrected chi connectivity index (χ2v) is 10.00. The molecule has 0 aliphatic carbocycles. The van der Waals surface area contributed by atoms with Crippen LogP contribution in [0.25, 0.3) is 0 Å². The fourth-order valence-corrected chi connectivity index (χ4v) is 4.08. The van der Waals surface area contributed by atoms with Crippen molar-refractivity contribution in [3.8, 4) is 11.5 Å². The van der Waals surface area contributed by atoms with Crippen molar-refractivity contribution >= 4 is 23.2 Å². The number of rotatable bonds is 8. The number of fused-ring (bicyclic) bond motifs is 1. The van der Waals surface area contributed by atoms with E-state index < -0.39 is 0 Å². The third-order valence-electron chi connectivity index (χ3n) is 6.30. The van der Waals surface area contributed by atoms with E-state index in [1.165, 1.54) is 11.1 Å². The molecule has 1 aliphatic rings. The van der Waals surface area contributed by atoms with Gasteiger partial charge < -0.3 is 19.7 Å². The second kappa shape index (κ2) is 10.9. The number of hydrogen-bond donors (Lipinski definition) is 1. The maximum absolute atomic E-state index is 12.8. The van der Waals surface area contributed by atoms with Gasteiger partial charge in [-0.05, 0) is 71.8 Å². The first-order valence-corrected chi connectivity index (χ1v) is 12.5. The quantitative estimate of drug-likeness (QED) is 0.397. The molecular weight excluding hydrogens is 452 g/mol. The average molecular weight is 487 g/mol. The van der Waals surface area contributed by atoms with E-state index in [9.17, 15) is 9.59 Å². The third-order valence-corrected chi connectivity index (χ3v) is 6.30. The zero-order chi connectivity index (χ0) is 25.7. The Kier molecular flexibility index (Phi) is 7.63. The van der Waals surface area contributed by atoms with Crippen molar-refractivity contribution in [3.05, 3.63) is 83.4 Å². The van der Waals surface area contributed by atoms with E-state index in [2.05, 4.69) is 45.1 Å². The summed E-state index contributed by atoms with van der Waals surface area (Å²) < 4.78 is 11.5. The summed E-state index contributed by atoms with van der Waals surface area (Å²) in [6.07, 6.45) is 1.65. The molecule has 1 heterocycles. The highest BCUT2D eigenvalue weighted by atomic mass is 16.5. The van der Waals surface area contributed by atoms with Gasteiger partial charge in [-0.25, -0.2) is 0 Å². The number of aryl methyl sites for hydroxylation is 1. The van der Waals surface area contributed by atoms with Gasteiger partial charge in [-0.1, -0.05) is 52.0 Å². The van der Waals surface area contributed by atoms with Gasteiger partial charge in [-0.2, -0.15) is 0 Å². The van der Waals surface area contributed by atoms with Crippen molar-refractivity contribution in [2.75, 3.05) is 30.0 Å². The number of carbonyl (C=O) groups is 2. The molecule has 0 atom stereocenters. The summed E-state index contributed by atoms with van der Waals surface area (Å²) in [4.78, 5) is 27.2. The first kappa shape index (κ1) is 25.3. The van der Waals surface area contributed by atoms with Gasteiger partial charge >= 0.3 is 0 Å². The van der Waals surface area contributed by atoms with Crippen LogP contribution in [0.2, 0.25) is 0 Å². The van der Waals surface area contributed by atoms with E-state index in [1.54, 1.807) is 23.1 Å². The van der Waals surface area contributed by atoms with Crippen molar-refractivity contribution < 1.29 is 19.1 Å². The third kappa shape index (κ3) is 6.06. The van der Waals surface area contributed by atoms with Crippen LogP contribution in [-0.2, 0) is 16.6 Å². The molecule has 6 nitrogen and oxygen atoms in total. The Morgan fingerprint density at radius 3 is 2.42 bits per heavy atom. The SMILES string of the molecule is CCc1ccc(OCCCN2C(=O)COc3ccc(NC(=O)c4ccc(C(C)(C)C)cc4)cc32)cc1. The van der Waals surface area contributed by atoms with Gasteiger partial charge in [-0.3, -0.25) is 9.59 Å². The first-order chi connectivity index (χ1) is 17.2. The highest BCUT2D eigenvalue weighted by Crippen LogP contribution is 2.35. The molecule has 3 aromatic carbocycles. The average Bonchev–Trinajstić information content (AvgIpc) is 2.87. The number of ether oxygens (including phenoxy) is 2. The number of nitrogens with one attached hydrogen (secondary N) is 1. The number of anilines is 2. The second-order valence-electron chi connectivity index (χ2n) is 10.00. The lowest BCUT2D eigenvalue weighted by Gasteiger charge is -2.30. The van der Waals surface area contributed by atoms with Crippen LogP contribution in [-0.4, -0.2) is 31.6 Å². The standard InChI is InChI=1S/C30H34N2O4/c1-5-21-7-14-25(15-8-21)35-18-6-17-32-26-19-24(13-16-27(26)36-20-28(32)33)31-29(34)22-9-11-23(12-10-22)30(2,3)4/h7-16,19H,5-6,17-18,20H2,1-4H3,(H,31,34). The molecule has 6 heteroatoms. The Morgan fingerprint density at radius 1 is 1.03 bits per heavy atom. The highest BCUT2D eigenvalue weighted by molar-refractivity contribution is 6.05. The number of carbonyl (C=O) groups excluding carboxylic acids is 2. The Morgan fingerprint density at radius 2 is 1.75 bits per heavy atom. The molecule has 0 saturated heterocycles. The molecule has 1 aliphatic heterocycles. The number of benzene rings is 3. The van der Waals surface area contributed by atoms with Crippen LogP contribution in [0.15, 0.2) is 66.7 Å². The minimum atomic E-state index is -0.201. The summed E-state index contributed by atoms with van der Waals surface area (Å²) in [7, 11) is 0. The zero-order valence-electron chi connectivity index (χ0n) is 21.5. The molecule has 188 valence electrons. The summed E-state index contributed by atoms with van der Waals surface area (Å²) in [5, 5.41) is 2.94. The number of hydrogen-bond acceptors (Lipinski definition) is 4. The molecule has 36 heavy (non-hydrogen) atoms. The molecule has 1 N–H and O–H groups in total. The van der Waals surface area contributed by atoms with Gasteiger partial charge in [0.05, 0.1) is 12.3 Å². The van der Waals surface area contributed by atoms with E-state index in [-0.39, 0.29) is 23.8 Å². The number of amides is 2. The minimum absolute atomic E-state index is 0.00182. The molecule has 0 fully saturated rings. The van der Waals surface area contributed by atoms with E-state index in [0.717, 1.165) is 12.2 Å². The van der Waals surface area contributed by atoms with Gasteiger partial charge in [0, 0.05) is 17.8 Å². The van der Waals surface area contributed by atoms with Crippen LogP contribution in [0.4, 0.5) is 11.4 Å². The molecule has 0 saturated carbocycles. The Labute approximate surface area is 213 Å². The summed E-state index contributed by atoms with van der Waals surface area (Å²) >= 11 is 0. The van der Waals surface area contributed by atoms with E-state index >= 15 is 0 Å². The molecular formula is C30H34N2O4. The number of nitrogens with zero attached hydrogens (tertiary/aromatic N) is 1. The minimum Gasteiger partial charge on any atom is -0.494 e. The molecule has 0 spiro atoms. The lowest BCUT2D eigenvalue weighted by molar-refractivity contribution is -0.121. The predicted molar refractivity (Wildman–Crippen MR) is 143 cm³/mol. The molecule has 0 unspecified atom stereocenters. The molecule has 0 radical (unpaired) electrons. The van der Waals surface area contributed by atoms with E-state index in [0.29, 0.717) is 42.3 Å². The highest BCUT2D eigenvalue weighted by Gasteiger charge is 2.26. The van der Waals surface area contributed by atoms with E-state index in [1.807, 2.05) is 36.4 Å². The first-order valence-electron chi connectivity index (χ1n) is 12.5. The summed E-state index contributed by atoms with van der Waals surface area (Å²) in [6.45, 7) is 9.52. The summed E-state index contributed by atoms with van der Waals surface area (Å²) in [5.41, 5.74) is 4.29. The monoisotopic (exact) mass is 486 g/mol. The Balaban J connectivity index is 1.39. The topological polar surface area (TPSA) is 67.9 Å².